The van der Waals surface area contributed by atoms with Crippen LogP contribution in [-0.4, -0.2) is 29.9 Å². The Labute approximate surface area is 159 Å². The van der Waals surface area contributed by atoms with E-state index in [0.717, 1.165) is 35.6 Å². The minimum Gasteiger partial charge on any atom is -0.325 e. The molecule has 0 spiro atoms. The van der Waals surface area contributed by atoms with Crippen molar-refractivity contribution < 1.29 is 9.59 Å². The topological polar surface area (TPSA) is 70.2 Å². The number of carbonyl (C=O) groups is 2. The Morgan fingerprint density at radius 2 is 1.58 bits per heavy atom. The zero-order chi connectivity index (χ0) is 18.8. The van der Waals surface area contributed by atoms with E-state index >= 15 is 0 Å². The molecule has 0 aromatic heterocycles. The summed E-state index contributed by atoms with van der Waals surface area (Å²) in [5, 5.41) is 8.94. The maximum atomic E-state index is 12.0. The molecule has 0 aliphatic heterocycles. The van der Waals surface area contributed by atoms with Gasteiger partial charge in [0.15, 0.2) is 0 Å². The second-order valence-corrected chi connectivity index (χ2v) is 6.92. The fourth-order valence-electron chi connectivity index (χ4n) is 2.30. The molecular formula is C20H25N3O2S. The average Bonchev–Trinajstić information content (AvgIpc) is 2.62. The highest BCUT2D eigenvalue weighted by molar-refractivity contribution is 8.00. The van der Waals surface area contributed by atoms with Gasteiger partial charge in [-0.2, -0.15) is 0 Å². The van der Waals surface area contributed by atoms with Gasteiger partial charge in [0.05, 0.1) is 11.5 Å². The predicted octanol–water partition coefficient (Wildman–Crippen LogP) is 3.41. The quantitative estimate of drug-likeness (QED) is 0.632. The summed E-state index contributed by atoms with van der Waals surface area (Å²) < 4.78 is 0. The summed E-state index contributed by atoms with van der Waals surface area (Å²) in [5.41, 5.74) is 3.80. The summed E-state index contributed by atoms with van der Waals surface area (Å²) in [5.74, 6) is 0.249. The molecule has 0 aliphatic carbocycles. The number of hydrogen-bond donors (Lipinski definition) is 3. The third-order valence-electron chi connectivity index (χ3n) is 3.59. The fraction of sp³-hybridized carbons (Fsp3) is 0.300. The van der Waals surface area contributed by atoms with Gasteiger partial charge in [0.25, 0.3) is 0 Å². The monoisotopic (exact) mass is 371 g/mol. The number of thioether (sulfide) groups is 1. The lowest BCUT2D eigenvalue weighted by Gasteiger charge is -2.08. The van der Waals surface area contributed by atoms with Crippen molar-refractivity contribution in [3.05, 3.63) is 59.7 Å². The Morgan fingerprint density at radius 3 is 2.23 bits per heavy atom. The van der Waals surface area contributed by atoms with Crippen molar-refractivity contribution in [3.63, 3.8) is 0 Å². The highest BCUT2D eigenvalue weighted by Crippen LogP contribution is 2.12. The number of benzene rings is 2. The van der Waals surface area contributed by atoms with Crippen molar-refractivity contribution in [2.24, 2.45) is 0 Å². The molecule has 0 bridgehead atoms. The number of hydrogen-bond acceptors (Lipinski definition) is 4. The van der Waals surface area contributed by atoms with Crippen LogP contribution in [0, 0.1) is 6.92 Å². The van der Waals surface area contributed by atoms with E-state index in [-0.39, 0.29) is 23.3 Å². The summed E-state index contributed by atoms with van der Waals surface area (Å²) >= 11 is 1.29. The molecule has 2 amide bonds. The third kappa shape index (κ3) is 7.29. The number of amides is 2. The highest BCUT2D eigenvalue weighted by atomic mass is 32.2. The number of aryl methyl sites for hydroxylation is 1. The Kier molecular flexibility index (Phi) is 8.18. The van der Waals surface area contributed by atoms with Gasteiger partial charge in [-0.15, -0.1) is 11.8 Å². The van der Waals surface area contributed by atoms with E-state index < -0.39 is 0 Å². The van der Waals surface area contributed by atoms with Crippen molar-refractivity contribution in [2.75, 3.05) is 28.7 Å². The summed E-state index contributed by atoms with van der Waals surface area (Å²) in [4.78, 5) is 23.9. The Balaban J connectivity index is 1.71. The fourth-order valence-corrected chi connectivity index (χ4v) is 2.91. The van der Waals surface area contributed by atoms with E-state index in [2.05, 4.69) is 22.9 Å². The van der Waals surface area contributed by atoms with Crippen LogP contribution in [0.15, 0.2) is 48.5 Å². The van der Waals surface area contributed by atoms with Crippen LogP contribution < -0.4 is 16.0 Å². The smallest absolute Gasteiger partial charge is 0.234 e. The molecule has 26 heavy (non-hydrogen) atoms. The highest BCUT2D eigenvalue weighted by Gasteiger charge is 2.07. The van der Waals surface area contributed by atoms with E-state index in [1.165, 1.54) is 11.8 Å². The molecule has 0 radical (unpaired) electrons. The van der Waals surface area contributed by atoms with Crippen molar-refractivity contribution in [1.29, 1.82) is 0 Å². The second-order valence-electron chi connectivity index (χ2n) is 5.94. The first-order valence-corrected chi connectivity index (χ1v) is 9.76. The van der Waals surface area contributed by atoms with Gasteiger partial charge in [-0.05, 0) is 43.3 Å². The maximum absolute atomic E-state index is 12.0. The van der Waals surface area contributed by atoms with Crippen LogP contribution in [0.5, 0.6) is 0 Å². The molecule has 6 heteroatoms. The molecule has 2 aromatic carbocycles. The van der Waals surface area contributed by atoms with Crippen LogP contribution in [0.25, 0.3) is 0 Å². The maximum Gasteiger partial charge on any atom is 0.234 e. The first-order valence-electron chi connectivity index (χ1n) is 8.60. The van der Waals surface area contributed by atoms with Crippen LogP contribution >= 0.6 is 11.8 Å². The standard InChI is InChI=1S/C20H25N3O2S/c1-3-21-12-16-5-4-6-18(11-16)23-20(25)14-26-13-19(24)22-17-9-7-15(2)8-10-17/h4-11,21H,3,12-14H2,1-2H3,(H,22,24)(H,23,25). The lowest BCUT2D eigenvalue weighted by atomic mass is 10.2. The zero-order valence-corrected chi connectivity index (χ0v) is 16.0. The Bertz CT molecular complexity index is 732. The van der Waals surface area contributed by atoms with Gasteiger partial charge in [-0.25, -0.2) is 0 Å². The minimum absolute atomic E-state index is 0.112. The van der Waals surface area contributed by atoms with Gasteiger partial charge < -0.3 is 16.0 Å². The molecule has 5 nitrogen and oxygen atoms in total. The summed E-state index contributed by atoms with van der Waals surface area (Å²) in [7, 11) is 0. The van der Waals surface area contributed by atoms with Gasteiger partial charge >= 0.3 is 0 Å². The lowest BCUT2D eigenvalue weighted by Crippen LogP contribution is -2.18. The average molecular weight is 372 g/mol. The molecule has 0 aliphatic rings. The Hall–Kier alpha value is -2.31. The number of carbonyl (C=O) groups excluding carboxylic acids is 2. The normalized spacial score (nSPS) is 10.4. The summed E-state index contributed by atoms with van der Waals surface area (Å²) in [6.45, 7) is 5.72. The molecule has 138 valence electrons. The van der Waals surface area contributed by atoms with Crippen molar-refractivity contribution in [1.82, 2.24) is 5.32 Å². The SMILES string of the molecule is CCNCc1cccc(NC(=O)CSCC(=O)Nc2ccc(C)cc2)c1. The first kappa shape index (κ1) is 20.0. The molecule has 0 fully saturated rings. The van der Waals surface area contributed by atoms with E-state index in [1.54, 1.807) is 0 Å². The zero-order valence-electron chi connectivity index (χ0n) is 15.2. The number of nitrogens with one attached hydrogen (secondary N) is 3. The predicted molar refractivity (Wildman–Crippen MR) is 110 cm³/mol. The molecule has 0 saturated carbocycles. The van der Waals surface area contributed by atoms with Crippen LogP contribution in [0.2, 0.25) is 0 Å². The molecule has 3 N–H and O–H groups in total. The first-order chi connectivity index (χ1) is 12.6. The van der Waals surface area contributed by atoms with Crippen molar-refractivity contribution >= 4 is 35.0 Å². The number of anilines is 2. The van der Waals surface area contributed by atoms with Gasteiger partial charge in [0.2, 0.25) is 11.8 Å². The van der Waals surface area contributed by atoms with E-state index in [9.17, 15) is 9.59 Å². The third-order valence-corrected chi connectivity index (χ3v) is 4.52. The van der Waals surface area contributed by atoms with Crippen molar-refractivity contribution in [3.8, 4) is 0 Å². The largest absolute Gasteiger partial charge is 0.325 e. The molecule has 0 heterocycles. The van der Waals surface area contributed by atoms with Crippen LogP contribution in [-0.2, 0) is 16.1 Å². The molecular weight excluding hydrogens is 346 g/mol. The molecule has 2 rings (SSSR count). The Morgan fingerprint density at radius 1 is 0.923 bits per heavy atom. The van der Waals surface area contributed by atoms with Crippen LogP contribution in [0.1, 0.15) is 18.1 Å². The van der Waals surface area contributed by atoms with Crippen molar-refractivity contribution in [2.45, 2.75) is 20.4 Å². The molecule has 0 saturated heterocycles. The number of rotatable bonds is 9. The summed E-state index contributed by atoms with van der Waals surface area (Å²) in [6, 6.07) is 15.4. The van der Waals surface area contributed by atoms with Gasteiger partial charge in [0, 0.05) is 17.9 Å². The van der Waals surface area contributed by atoms with Gasteiger partial charge in [-0.1, -0.05) is 36.8 Å². The van der Waals surface area contributed by atoms with Crippen LogP contribution in [0.3, 0.4) is 0 Å². The van der Waals surface area contributed by atoms with Gasteiger partial charge in [-0.3, -0.25) is 9.59 Å². The summed E-state index contributed by atoms with van der Waals surface area (Å²) in [6.07, 6.45) is 0. The van der Waals surface area contributed by atoms with E-state index in [0.29, 0.717) is 0 Å². The minimum atomic E-state index is -0.112. The second kappa shape index (κ2) is 10.6. The van der Waals surface area contributed by atoms with E-state index in [4.69, 9.17) is 0 Å². The molecule has 2 aromatic rings. The molecule has 0 unspecified atom stereocenters. The molecule has 0 atom stereocenters. The van der Waals surface area contributed by atoms with E-state index in [1.807, 2.05) is 55.5 Å². The van der Waals surface area contributed by atoms with Crippen LogP contribution in [0.4, 0.5) is 11.4 Å². The lowest BCUT2D eigenvalue weighted by molar-refractivity contribution is -0.114. The van der Waals surface area contributed by atoms with Gasteiger partial charge in [0.1, 0.15) is 0 Å².